The maximum atomic E-state index is 12.0. The van der Waals surface area contributed by atoms with Gasteiger partial charge in [0.15, 0.2) is 0 Å². The van der Waals surface area contributed by atoms with Gasteiger partial charge in [-0.3, -0.25) is 9.59 Å². The number of hydrogen-bond acceptors (Lipinski definition) is 2. The molecule has 2 amide bonds. The van der Waals surface area contributed by atoms with E-state index in [1.807, 2.05) is 0 Å². The number of piperidine rings is 1. The summed E-state index contributed by atoms with van der Waals surface area (Å²) in [5.41, 5.74) is 0. The second-order valence-electron chi connectivity index (χ2n) is 5.51. The molecule has 2 fully saturated rings. The fourth-order valence-corrected chi connectivity index (χ4v) is 2.68. The fourth-order valence-electron chi connectivity index (χ4n) is 2.68. The summed E-state index contributed by atoms with van der Waals surface area (Å²) in [7, 11) is 0. The van der Waals surface area contributed by atoms with Gasteiger partial charge in [0.1, 0.15) is 0 Å². The lowest BCUT2D eigenvalue weighted by atomic mass is 9.87. The molecule has 4 nitrogen and oxygen atoms in total. The van der Waals surface area contributed by atoms with Crippen molar-refractivity contribution in [3.05, 3.63) is 0 Å². The van der Waals surface area contributed by atoms with Gasteiger partial charge in [-0.2, -0.15) is 0 Å². The number of nitrogens with one attached hydrogen (secondary N) is 2. The van der Waals surface area contributed by atoms with E-state index in [0.717, 1.165) is 18.8 Å². The number of carbonyl (C=O) groups excluding carboxylic acids is 2. The lowest BCUT2D eigenvalue weighted by Crippen LogP contribution is -2.46. The zero-order valence-electron chi connectivity index (χ0n) is 10.5. The quantitative estimate of drug-likeness (QED) is 0.759. The van der Waals surface area contributed by atoms with Gasteiger partial charge in [0.2, 0.25) is 11.8 Å². The van der Waals surface area contributed by atoms with Crippen LogP contribution in [0.3, 0.4) is 0 Å². The molecular weight excluding hydrogens is 216 g/mol. The number of amides is 2. The van der Waals surface area contributed by atoms with Gasteiger partial charge in [-0.15, -0.1) is 0 Å². The molecule has 0 spiro atoms. The van der Waals surface area contributed by atoms with Gasteiger partial charge < -0.3 is 10.6 Å². The Hall–Kier alpha value is -1.06. The zero-order chi connectivity index (χ0) is 12.3. The van der Waals surface area contributed by atoms with E-state index in [4.69, 9.17) is 0 Å². The molecule has 2 aliphatic rings. The third-order valence-electron chi connectivity index (χ3n) is 4.00. The second-order valence-corrected chi connectivity index (χ2v) is 5.51. The second kappa shape index (κ2) is 5.52. The molecule has 96 valence electrons. The molecule has 0 radical (unpaired) electrons. The van der Waals surface area contributed by atoms with Crippen LogP contribution in [0.5, 0.6) is 0 Å². The predicted octanol–water partition coefficient (Wildman–Crippen LogP) is 1.21. The van der Waals surface area contributed by atoms with Crippen molar-refractivity contribution in [3.8, 4) is 0 Å². The van der Waals surface area contributed by atoms with Gasteiger partial charge in [-0.25, -0.2) is 0 Å². The van der Waals surface area contributed by atoms with Crippen LogP contribution >= 0.6 is 0 Å². The highest BCUT2D eigenvalue weighted by Crippen LogP contribution is 2.24. The summed E-state index contributed by atoms with van der Waals surface area (Å²) in [4.78, 5) is 23.0. The minimum absolute atomic E-state index is 0.0213. The average Bonchev–Trinajstić information content (AvgIpc) is 2.33. The Bertz CT molecular complexity index is 286. The highest BCUT2D eigenvalue weighted by Gasteiger charge is 2.27. The van der Waals surface area contributed by atoms with Crippen LogP contribution in [0.4, 0.5) is 0 Å². The Morgan fingerprint density at radius 2 is 1.94 bits per heavy atom. The van der Waals surface area contributed by atoms with Crippen LogP contribution in [0.15, 0.2) is 0 Å². The first-order chi connectivity index (χ1) is 8.15. The Balaban J connectivity index is 1.75. The molecule has 1 aliphatic heterocycles. The monoisotopic (exact) mass is 238 g/mol. The number of rotatable bonds is 2. The topological polar surface area (TPSA) is 58.2 Å². The minimum Gasteiger partial charge on any atom is -0.355 e. The molecule has 2 N–H and O–H groups in total. The Morgan fingerprint density at radius 1 is 1.24 bits per heavy atom. The van der Waals surface area contributed by atoms with Crippen molar-refractivity contribution in [2.45, 2.75) is 51.5 Å². The summed E-state index contributed by atoms with van der Waals surface area (Å²) in [6, 6.07) is 0.358. The first-order valence-corrected chi connectivity index (χ1v) is 6.72. The standard InChI is InChI=1S/C13H22N2O2/c1-9-2-5-11(6-3-9)15-13(17)10-4-7-12(16)14-8-10/h9-11H,2-8H2,1H3,(H,14,16)(H,15,17). The summed E-state index contributed by atoms with van der Waals surface area (Å²) in [5.74, 6) is 0.981. The smallest absolute Gasteiger partial charge is 0.225 e. The molecule has 2 rings (SSSR count). The molecule has 1 atom stereocenters. The van der Waals surface area contributed by atoms with E-state index in [2.05, 4.69) is 17.6 Å². The van der Waals surface area contributed by atoms with Crippen LogP contribution in [0, 0.1) is 11.8 Å². The van der Waals surface area contributed by atoms with Crippen LogP contribution in [0.2, 0.25) is 0 Å². The van der Waals surface area contributed by atoms with Crippen molar-refractivity contribution in [1.29, 1.82) is 0 Å². The third-order valence-corrected chi connectivity index (χ3v) is 4.00. The maximum absolute atomic E-state index is 12.0. The lowest BCUT2D eigenvalue weighted by molar-refractivity contribution is -0.129. The number of hydrogen-bond donors (Lipinski definition) is 2. The van der Waals surface area contributed by atoms with E-state index in [1.165, 1.54) is 12.8 Å². The molecule has 1 saturated heterocycles. The predicted molar refractivity (Wildman–Crippen MR) is 65.3 cm³/mol. The largest absolute Gasteiger partial charge is 0.355 e. The van der Waals surface area contributed by atoms with E-state index in [-0.39, 0.29) is 17.7 Å². The van der Waals surface area contributed by atoms with Gasteiger partial charge in [-0.05, 0) is 38.0 Å². The molecule has 1 saturated carbocycles. The van der Waals surface area contributed by atoms with Crippen molar-refractivity contribution in [3.63, 3.8) is 0 Å². The average molecular weight is 238 g/mol. The van der Waals surface area contributed by atoms with Gasteiger partial charge >= 0.3 is 0 Å². The molecule has 0 aromatic heterocycles. The lowest BCUT2D eigenvalue weighted by Gasteiger charge is -2.29. The third kappa shape index (κ3) is 3.45. The molecule has 1 unspecified atom stereocenters. The van der Waals surface area contributed by atoms with Crippen LogP contribution in [0.25, 0.3) is 0 Å². The van der Waals surface area contributed by atoms with Crippen LogP contribution in [-0.2, 0) is 9.59 Å². The molecule has 1 aliphatic carbocycles. The molecule has 4 heteroatoms. The van der Waals surface area contributed by atoms with E-state index >= 15 is 0 Å². The summed E-state index contributed by atoms with van der Waals surface area (Å²) in [6.07, 6.45) is 5.82. The van der Waals surface area contributed by atoms with Crippen LogP contribution in [0.1, 0.15) is 45.4 Å². The number of carbonyl (C=O) groups is 2. The highest BCUT2D eigenvalue weighted by atomic mass is 16.2. The minimum atomic E-state index is -0.0213. The molecule has 0 bridgehead atoms. The van der Waals surface area contributed by atoms with Crippen molar-refractivity contribution in [2.24, 2.45) is 11.8 Å². The van der Waals surface area contributed by atoms with Gasteiger partial charge in [0, 0.05) is 19.0 Å². The summed E-state index contributed by atoms with van der Waals surface area (Å²) in [5, 5.41) is 5.89. The highest BCUT2D eigenvalue weighted by molar-refractivity contribution is 5.83. The van der Waals surface area contributed by atoms with E-state index in [1.54, 1.807) is 0 Å². The SMILES string of the molecule is CC1CCC(NC(=O)C2CCC(=O)NC2)CC1. The summed E-state index contributed by atoms with van der Waals surface area (Å²) in [6.45, 7) is 2.78. The Kier molecular flexibility index (Phi) is 4.02. The van der Waals surface area contributed by atoms with Gasteiger partial charge in [-0.1, -0.05) is 6.92 Å². The molecular formula is C13H22N2O2. The van der Waals surface area contributed by atoms with Crippen molar-refractivity contribution < 1.29 is 9.59 Å². The maximum Gasteiger partial charge on any atom is 0.225 e. The van der Waals surface area contributed by atoms with Crippen LogP contribution in [-0.4, -0.2) is 24.4 Å². The molecule has 1 heterocycles. The summed E-state index contributed by atoms with van der Waals surface area (Å²) >= 11 is 0. The Labute approximate surface area is 103 Å². The molecule has 17 heavy (non-hydrogen) atoms. The van der Waals surface area contributed by atoms with E-state index < -0.39 is 0 Å². The van der Waals surface area contributed by atoms with Crippen molar-refractivity contribution in [2.75, 3.05) is 6.54 Å². The van der Waals surface area contributed by atoms with Crippen molar-refractivity contribution >= 4 is 11.8 Å². The van der Waals surface area contributed by atoms with Gasteiger partial charge in [0.25, 0.3) is 0 Å². The Morgan fingerprint density at radius 3 is 2.53 bits per heavy atom. The van der Waals surface area contributed by atoms with E-state index in [0.29, 0.717) is 25.4 Å². The van der Waals surface area contributed by atoms with Gasteiger partial charge in [0.05, 0.1) is 5.92 Å². The van der Waals surface area contributed by atoms with E-state index in [9.17, 15) is 9.59 Å². The molecule has 0 aromatic rings. The first kappa shape index (κ1) is 12.4. The fraction of sp³-hybridized carbons (Fsp3) is 0.846. The van der Waals surface area contributed by atoms with Crippen molar-refractivity contribution in [1.82, 2.24) is 10.6 Å². The summed E-state index contributed by atoms with van der Waals surface area (Å²) < 4.78 is 0. The molecule has 0 aromatic carbocycles. The van der Waals surface area contributed by atoms with Crippen LogP contribution < -0.4 is 10.6 Å². The first-order valence-electron chi connectivity index (χ1n) is 6.72. The zero-order valence-corrected chi connectivity index (χ0v) is 10.5. The normalized spacial score (nSPS) is 33.9.